The van der Waals surface area contributed by atoms with Gasteiger partial charge in [-0.1, -0.05) is 6.07 Å². The molecule has 94 valence electrons. The highest BCUT2D eigenvalue weighted by Crippen LogP contribution is 2.20. The first kappa shape index (κ1) is 12.5. The van der Waals surface area contributed by atoms with Crippen molar-refractivity contribution in [1.82, 2.24) is 4.98 Å². The van der Waals surface area contributed by atoms with E-state index >= 15 is 0 Å². The van der Waals surface area contributed by atoms with Crippen LogP contribution < -0.4 is 4.74 Å². The summed E-state index contributed by atoms with van der Waals surface area (Å²) in [5.41, 5.74) is 0.211. The molecule has 2 rings (SSSR count). The number of hydrogen-bond donors (Lipinski definition) is 1. The normalized spacial score (nSPS) is 11.5. The predicted octanol–water partition coefficient (Wildman–Crippen LogP) is 2.20. The van der Waals surface area contributed by atoms with Crippen LogP contribution >= 0.6 is 0 Å². The summed E-state index contributed by atoms with van der Waals surface area (Å²) in [4.78, 5) is 14.9. The van der Waals surface area contributed by atoms with Crippen LogP contribution in [0.3, 0.4) is 0 Å². The van der Waals surface area contributed by atoms with Gasteiger partial charge in [0, 0.05) is 11.5 Å². The minimum Gasteiger partial charge on any atom is -0.491 e. The van der Waals surface area contributed by atoms with Crippen LogP contribution in [0.1, 0.15) is 24.3 Å². The minimum absolute atomic E-state index is 0.200. The second kappa shape index (κ2) is 4.74. The molecule has 0 saturated carbocycles. The van der Waals surface area contributed by atoms with Gasteiger partial charge < -0.3 is 9.84 Å². The van der Waals surface area contributed by atoms with Crippen molar-refractivity contribution >= 4 is 17.2 Å². The van der Waals surface area contributed by atoms with E-state index in [9.17, 15) is 9.90 Å². The molecule has 0 aliphatic rings. The van der Waals surface area contributed by atoms with E-state index < -0.39 is 5.60 Å². The number of benzene rings is 1. The van der Waals surface area contributed by atoms with E-state index in [1.54, 1.807) is 26.0 Å². The second-order valence-electron chi connectivity index (χ2n) is 4.81. The largest absolute Gasteiger partial charge is 0.491 e. The van der Waals surface area contributed by atoms with E-state index in [1.807, 2.05) is 18.2 Å². The lowest BCUT2D eigenvalue weighted by atomic mass is 10.1. The molecule has 0 radical (unpaired) electrons. The van der Waals surface area contributed by atoms with Crippen molar-refractivity contribution < 1.29 is 14.6 Å². The summed E-state index contributed by atoms with van der Waals surface area (Å²) >= 11 is 0. The van der Waals surface area contributed by atoms with Gasteiger partial charge in [0.1, 0.15) is 18.1 Å². The summed E-state index contributed by atoms with van der Waals surface area (Å²) in [6.07, 6.45) is 0.712. The maximum absolute atomic E-state index is 10.7. The van der Waals surface area contributed by atoms with Crippen LogP contribution in [0.4, 0.5) is 0 Å². The third kappa shape index (κ3) is 3.05. The Hall–Kier alpha value is -1.94. The number of rotatable bonds is 4. The Morgan fingerprint density at radius 1 is 1.33 bits per heavy atom. The number of fused-ring (bicyclic) bond motifs is 1. The fourth-order valence-corrected chi connectivity index (χ4v) is 1.53. The summed E-state index contributed by atoms with van der Waals surface area (Å²) in [5, 5.41) is 10.5. The van der Waals surface area contributed by atoms with Gasteiger partial charge >= 0.3 is 0 Å². The molecule has 18 heavy (non-hydrogen) atoms. The molecule has 2 aromatic rings. The van der Waals surface area contributed by atoms with E-state index in [4.69, 9.17) is 4.74 Å². The average molecular weight is 245 g/mol. The van der Waals surface area contributed by atoms with E-state index in [-0.39, 0.29) is 6.61 Å². The topological polar surface area (TPSA) is 59.4 Å². The van der Waals surface area contributed by atoms with Crippen molar-refractivity contribution in [2.24, 2.45) is 0 Å². The molecule has 0 aliphatic heterocycles. The van der Waals surface area contributed by atoms with Gasteiger partial charge in [0.2, 0.25) is 0 Å². The third-order valence-corrected chi connectivity index (χ3v) is 2.40. The number of hydrogen-bond acceptors (Lipinski definition) is 4. The van der Waals surface area contributed by atoms with E-state index in [2.05, 4.69) is 4.98 Å². The molecule has 0 bridgehead atoms. The molecule has 0 spiro atoms. The second-order valence-corrected chi connectivity index (χ2v) is 4.81. The van der Waals surface area contributed by atoms with Gasteiger partial charge in [0.25, 0.3) is 0 Å². The van der Waals surface area contributed by atoms with E-state index in [0.29, 0.717) is 23.2 Å². The Kier molecular flexibility index (Phi) is 3.30. The van der Waals surface area contributed by atoms with Crippen molar-refractivity contribution in [3.63, 3.8) is 0 Å². The monoisotopic (exact) mass is 245 g/mol. The SMILES string of the molecule is CC(C)(O)COc1ccc2ccc(C=O)nc2c1. The van der Waals surface area contributed by atoms with Crippen molar-refractivity contribution in [3.8, 4) is 5.75 Å². The smallest absolute Gasteiger partial charge is 0.168 e. The van der Waals surface area contributed by atoms with Gasteiger partial charge in [0.15, 0.2) is 6.29 Å². The summed E-state index contributed by atoms with van der Waals surface area (Å²) in [6, 6.07) is 8.96. The van der Waals surface area contributed by atoms with Crippen LogP contribution in [-0.2, 0) is 0 Å². The van der Waals surface area contributed by atoms with Crippen molar-refractivity contribution in [2.75, 3.05) is 6.61 Å². The Morgan fingerprint density at radius 2 is 2.06 bits per heavy atom. The van der Waals surface area contributed by atoms with Crippen molar-refractivity contribution in [2.45, 2.75) is 19.4 Å². The van der Waals surface area contributed by atoms with Crippen LogP contribution in [0.5, 0.6) is 5.75 Å². The summed E-state index contributed by atoms with van der Waals surface area (Å²) < 4.78 is 5.47. The average Bonchev–Trinajstić information content (AvgIpc) is 2.34. The molecule has 1 aromatic carbocycles. The quantitative estimate of drug-likeness (QED) is 0.839. The number of aliphatic hydroxyl groups is 1. The molecule has 1 heterocycles. The molecule has 0 amide bonds. The number of carbonyl (C=O) groups is 1. The van der Waals surface area contributed by atoms with Gasteiger partial charge in [0.05, 0.1) is 11.1 Å². The summed E-state index contributed by atoms with van der Waals surface area (Å²) in [6.45, 7) is 3.56. The fraction of sp³-hybridized carbons (Fsp3) is 0.286. The lowest BCUT2D eigenvalue weighted by Crippen LogP contribution is -2.27. The number of aromatic nitrogens is 1. The zero-order valence-corrected chi connectivity index (χ0v) is 10.4. The highest BCUT2D eigenvalue weighted by atomic mass is 16.5. The van der Waals surface area contributed by atoms with Crippen LogP contribution in [0.25, 0.3) is 10.9 Å². The Balaban J connectivity index is 2.28. The molecular formula is C14H15NO3. The van der Waals surface area contributed by atoms with E-state index in [1.165, 1.54) is 0 Å². The molecule has 4 nitrogen and oxygen atoms in total. The number of carbonyl (C=O) groups excluding carboxylic acids is 1. The molecule has 0 atom stereocenters. The van der Waals surface area contributed by atoms with Crippen LogP contribution in [0.15, 0.2) is 30.3 Å². The van der Waals surface area contributed by atoms with Crippen LogP contribution in [0, 0.1) is 0 Å². The number of nitrogens with zero attached hydrogens (tertiary/aromatic N) is 1. The third-order valence-electron chi connectivity index (χ3n) is 2.40. The van der Waals surface area contributed by atoms with E-state index in [0.717, 1.165) is 5.39 Å². The van der Waals surface area contributed by atoms with Gasteiger partial charge in [-0.2, -0.15) is 0 Å². The van der Waals surface area contributed by atoms with Gasteiger partial charge in [-0.15, -0.1) is 0 Å². The fourth-order valence-electron chi connectivity index (χ4n) is 1.53. The highest BCUT2D eigenvalue weighted by Gasteiger charge is 2.13. The molecule has 1 N–H and O–H groups in total. The molecule has 0 fully saturated rings. The first-order valence-electron chi connectivity index (χ1n) is 5.69. The Bertz CT molecular complexity index is 573. The Labute approximate surface area is 105 Å². The number of pyridine rings is 1. The van der Waals surface area contributed by atoms with Gasteiger partial charge in [-0.3, -0.25) is 4.79 Å². The maximum Gasteiger partial charge on any atom is 0.168 e. The molecule has 0 saturated heterocycles. The van der Waals surface area contributed by atoms with Gasteiger partial charge in [-0.05, 0) is 32.0 Å². The van der Waals surface area contributed by atoms with Gasteiger partial charge in [-0.25, -0.2) is 4.98 Å². The van der Waals surface area contributed by atoms with Crippen LogP contribution in [0.2, 0.25) is 0 Å². The molecule has 4 heteroatoms. The Morgan fingerprint density at radius 3 is 2.72 bits per heavy atom. The van der Waals surface area contributed by atoms with Crippen molar-refractivity contribution in [1.29, 1.82) is 0 Å². The zero-order valence-electron chi connectivity index (χ0n) is 10.4. The number of aldehydes is 1. The minimum atomic E-state index is -0.882. The van der Waals surface area contributed by atoms with Crippen molar-refractivity contribution in [3.05, 3.63) is 36.0 Å². The first-order chi connectivity index (χ1) is 8.48. The predicted molar refractivity (Wildman–Crippen MR) is 68.9 cm³/mol. The molecule has 0 aliphatic carbocycles. The lowest BCUT2D eigenvalue weighted by Gasteiger charge is -2.17. The zero-order chi connectivity index (χ0) is 13.2. The first-order valence-corrected chi connectivity index (χ1v) is 5.69. The highest BCUT2D eigenvalue weighted by molar-refractivity contribution is 5.84. The molecule has 0 unspecified atom stereocenters. The summed E-state index contributed by atoms with van der Waals surface area (Å²) in [7, 11) is 0. The molecular weight excluding hydrogens is 230 g/mol. The number of ether oxygens (including phenoxy) is 1. The lowest BCUT2D eigenvalue weighted by molar-refractivity contribution is 0.0285. The van der Waals surface area contributed by atoms with Crippen LogP contribution in [-0.4, -0.2) is 28.6 Å². The molecule has 1 aromatic heterocycles. The maximum atomic E-state index is 10.7. The standard InChI is InChI=1S/C14H15NO3/c1-14(2,17)9-18-12-6-4-10-3-5-11(8-16)15-13(10)7-12/h3-8,17H,9H2,1-2H3. The summed E-state index contributed by atoms with van der Waals surface area (Å²) in [5.74, 6) is 0.625.